The summed E-state index contributed by atoms with van der Waals surface area (Å²) in [6, 6.07) is 0. The highest BCUT2D eigenvalue weighted by Crippen LogP contribution is 2.25. The zero-order valence-electron chi connectivity index (χ0n) is 13.8. The van der Waals surface area contributed by atoms with Crippen molar-refractivity contribution in [2.45, 2.75) is 46.0 Å². The molecule has 0 radical (unpaired) electrons. The van der Waals surface area contributed by atoms with Gasteiger partial charge in [0.25, 0.3) is 10.2 Å². The van der Waals surface area contributed by atoms with Crippen molar-refractivity contribution in [3.63, 3.8) is 0 Å². The Bertz CT molecular complexity index is 472. The minimum Gasteiger partial charge on any atom is -0.356 e. The van der Waals surface area contributed by atoms with Crippen LogP contribution in [0.15, 0.2) is 0 Å². The molecule has 1 unspecified atom stereocenters. The molecule has 1 atom stereocenters. The molecule has 1 amide bonds. The molecule has 0 saturated carbocycles. The summed E-state index contributed by atoms with van der Waals surface area (Å²) in [6.45, 7) is 6.90. The smallest absolute Gasteiger partial charge is 0.281 e. The topological polar surface area (TPSA) is 69.7 Å². The molecule has 0 bridgehead atoms. The number of rotatable bonds is 5. The van der Waals surface area contributed by atoms with Crippen LogP contribution in [0.2, 0.25) is 0 Å². The Morgan fingerprint density at radius 3 is 2.45 bits per heavy atom. The molecule has 0 aromatic carbocycles. The van der Waals surface area contributed by atoms with Gasteiger partial charge < -0.3 is 5.32 Å². The van der Waals surface area contributed by atoms with E-state index in [0.29, 0.717) is 38.6 Å². The minimum atomic E-state index is -3.41. The molecule has 128 valence electrons. The monoisotopic (exact) mass is 331 g/mol. The first kappa shape index (κ1) is 17.7. The van der Waals surface area contributed by atoms with Crippen LogP contribution in [0.3, 0.4) is 0 Å². The number of nitrogens with one attached hydrogen (secondary N) is 1. The normalized spacial score (nSPS) is 26.0. The zero-order chi connectivity index (χ0) is 16.2. The third-order valence-electron chi connectivity index (χ3n) is 4.70. The van der Waals surface area contributed by atoms with E-state index in [1.165, 1.54) is 4.31 Å². The van der Waals surface area contributed by atoms with Crippen LogP contribution in [-0.2, 0) is 15.0 Å². The molecule has 2 fully saturated rings. The maximum atomic E-state index is 12.7. The predicted octanol–water partition coefficient (Wildman–Crippen LogP) is 1.20. The van der Waals surface area contributed by atoms with Crippen molar-refractivity contribution in [3.05, 3.63) is 0 Å². The molecular formula is C15H29N3O3S. The van der Waals surface area contributed by atoms with Gasteiger partial charge in [-0.1, -0.05) is 13.8 Å². The van der Waals surface area contributed by atoms with Gasteiger partial charge in [0.05, 0.1) is 5.92 Å². The highest BCUT2D eigenvalue weighted by atomic mass is 32.2. The van der Waals surface area contributed by atoms with Gasteiger partial charge in [0, 0.05) is 32.7 Å². The van der Waals surface area contributed by atoms with E-state index in [-0.39, 0.29) is 11.8 Å². The summed E-state index contributed by atoms with van der Waals surface area (Å²) in [7, 11) is -3.41. The van der Waals surface area contributed by atoms with Gasteiger partial charge in [0.1, 0.15) is 0 Å². The van der Waals surface area contributed by atoms with Crippen molar-refractivity contribution in [2.24, 2.45) is 11.8 Å². The number of carbonyl (C=O) groups is 1. The van der Waals surface area contributed by atoms with E-state index < -0.39 is 10.2 Å². The zero-order valence-corrected chi connectivity index (χ0v) is 14.6. The van der Waals surface area contributed by atoms with Gasteiger partial charge in [-0.25, -0.2) is 0 Å². The second kappa shape index (κ2) is 7.75. The second-order valence-corrected chi connectivity index (χ2v) is 8.51. The molecular weight excluding hydrogens is 302 g/mol. The molecule has 0 aromatic heterocycles. The van der Waals surface area contributed by atoms with Crippen molar-refractivity contribution in [3.8, 4) is 0 Å². The number of amides is 1. The molecule has 22 heavy (non-hydrogen) atoms. The van der Waals surface area contributed by atoms with Gasteiger partial charge in [0.15, 0.2) is 0 Å². The molecule has 0 spiro atoms. The van der Waals surface area contributed by atoms with Gasteiger partial charge in [-0.15, -0.1) is 0 Å². The van der Waals surface area contributed by atoms with E-state index in [4.69, 9.17) is 0 Å². The Morgan fingerprint density at radius 2 is 1.82 bits per heavy atom. The average molecular weight is 331 g/mol. The van der Waals surface area contributed by atoms with Crippen LogP contribution in [0.5, 0.6) is 0 Å². The molecule has 7 heteroatoms. The SMILES string of the molecule is CCCNC(=O)C1CCCN(S(=O)(=O)N2CCC(C)CC2)C1. The Hall–Kier alpha value is -0.660. The Morgan fingerprint density at radius 1 is 1.14 bits per heavy atom. The maximum absolute atomic E-state index is 12.7. The lowest BCUT2D eigenvalue weighted by atomic mass is 9.99. The van der Waals surface area contributed by atoms with Gasteiger partial charge in [-0.05, 0) is 38.0 Å². The van der Waals surface area contributed by atoms with Gasteiger partial charge in [-0.2, -0.15) is 17.0 Å². The lowest BCUT2D eigenvalue weighted by Crippen LogP contribution is -2.52. The van der Waals surface area contributed by atoms with E-state index in [0.717, 1.165) is 32.1 Å². The summed E-state index contributed by atoms with van der Waals surface area (Å²) in [5.41, 5.74) is 0. The highest BCUT2D eigenvalue weighted by molar-refractivity contribution is 7.86. The number of carbonyl (C=O) groups excluding carboxylic acids is 1. The fraction of sp³-hybridized carbons (Fsp3) is 0.933. The summed E-state index contributed by atoms with van der Waals surface area (Å²) >= 11 is 0. The summed E-state index contributed by atoms with van der Waals surface area (Å²) in [6.07, 6.45) is 4.28. The molecule has 0 aliphatic carbocycles. The third kappa shape index (κ3) is 4.20. The molecule has 2 aliphatic rings. The molecule has 2 heterocycles. The van der Waals surface area contributed by atoms with E-state index in [1.54, 1.807) is 4.31 Å². The molecule has 2 rings (SSSR count). The van der Waals surface area contributed by atoms with Gasteiger partial charge in [-0.3, -0.25) is 4.79 Å². The van der Waals surface area contributed by atoms with E-state index in [2.05, 4.69) is 12.2 Å². The lowest BCUT2D eigenvalue weighted by molar-refractivity contribution is -0.126. The van der Waals surface area contributed by atoms with E-state index in [9.17, 15) is 13.2 Å². The van der Waals surface area contributed by atoms with Crippen molar-refractivity contribution in [1.82, 2.24) is 13.9 Å². The van der Waals surface area contributed by atoms with Crippen LogP contribution in [0.4, 0.5) is 0 Å². The molecule has 6 nitrogen and oxygen atoms in total. The van der Waals surface area contributed by atoms with Crippen LogP contribution in [0, 0.1) is 11.8 Å². The van der Waals surface area contributed by atoms with E-state index >= 15 is 0 Å². The Kier molecular flexibility index (Phi) is 6.23. The second-order valence-electron chi connectivity index (χ2n) is 6.58. The van der Waals surface area contributed by atoms with Gasteiger partial charge >= 0.3 is 0 Å². The Labute approximate surface area is 134 Å². The fourth-order valence-corrected chi connectivity index (χ4v) is 4.86. The largest absolute Gasteiger partial charge is 0.356 e. The minimum absolute atomic E-state index is 0.00554. The Balaban J connectivity index is 1.97. The number of nitrogens with zero attached hydrogens (tertiary/aromatic N) is 2. The van der Waals surface area contributed by atoms with Crippen LogP contribution >= 0.6 is 0 Å². The number of hydrogen-bond acceptors (Lipinski definition) is 3. The fourth-order valence-electron chi connectivity index (χ4n) is 3.14. The van der Waals surface area contributed by atoms with Crippen LogP contribution in [0.25, 0.3) is 0 Å². The summed E-state index contributed by atoms with van der Waals surface area (Å²) in [5, 5.41) is 2.89. The lowest BCUT2D eigenvalue weighted by Gasteiger charge is -2.37. The molecule has 0 aromatic rings. The highest BCUT2D eigenvalue weighted by Gasteiger charge is 2.36. The summed E-state index contributed by atoms with van der Waals surface area (Å²) in [4.78, 5) is 12.1. The molecule has 2 saturated heterocycles. The first-order chi connectivity index (χ1) is 10.4. The predicted molar refractivity (Wildman–Crippen MR) is 86.5 cm³/mol. The first-order valence-electron chi connectivity index (χ1n) is 8.48. The maximum Gasteiger partial charge on any atom is 0.281 e. The number of piperidine rings is 2. The van der Waals surface area contributed by atoms with Crippen LogP contribution in [-0.4, -0.2) is 55.7 Å². The van der Waals surface area contributed by atoms with Crippen LogP contribution in [0.1, 0.15) is 46.0 Å². The van der Waals surface area contributed by atoms with Crippen molar-refractivity contribution < 1.29 is 13.2 Å². The van der Waals surface area contributed by atoms with Crippen molar-refractivity contribution >= 4 is 16.1 Å². The molecule has 2 aliphatic heterocycles. The van der Waals surface area contributed by atoms with Crippen LogP contribution < -0.4 is 5.32 Å². The summed E-state index contributed by atoms with van der Waals surface area (Å²) < 4.78 is 28.6. The third-order valence-corrected chi connectivity index (χ3v) is 6.70. The quantitative estimate of drug-likeness (QED) is 0.823. The van der Waals surface area contributed by atoms with Gasteiger partial charge in [0.2, 0.25) is 5.91 Å². The summed E-state index contributed by atoms with van der Waals surface area (Å²) in [5.74, 6) is 0.383. The molecule has 1 N–H and O–H groups in total. The van der Waals surface area contributed by atoms with Crippen molar-refractivity contribution in [1.29, 1.82) is 0 Å². The first-order valence-corrected chi connectivity index (χ1v) is 9.87. The van der Waals surface area contributed by atoms with Crippen molar-refractivity contribution in [2.75, 3.05) is 32.7 Å². The standard InChI is InChI=1S/C15H29N3O3S/c1-3-8-16-15(19)14-5-4-9-18(12-14)22(20,21)17-10-6-13(2)7-11-17/h13-14H,3-12H2,1-2H3,(H,16,19). The number of hydrogen-bond donors (Lipinski definition) is 1. The average Bonchev–Trinajstić information content (AvgIpc) is 2.53. The van der Waals surface area contributed by atoms with E-state index in [1.807, 2.05) is 6.92 Å².